The van der Waals surface area contributed by atoms with Gasteiger partial charge in [-0.25, -0.2) is 4.79 Å². The third kappa shape index (κ3) is 5.94. The molecule has 0 saturated carbocycles. The minimum Gasteiger partial charge on any atom is -0.480 e. The fraction of sp³-hybridized carbons (Fsp3) is 0.125. The van der Waals surface area contributed by atoms with Crippen LogP contribution in [0.1, 0.15) is 5.56 Å². The van der Waals surface area contributed by atoms with Crippen LogP contribution < -0.4 is 10.6 Å². The molecule has 0 aliphatic heterocycles. The third-order valence-electron chi connectivity index (χ3n) is 3.29. The lowest BCUT2D eigenvalue weighted by Gasteiger charge is -2.17. The highest BCUT2D eigenvalue weighted by molar-refractivity contribution is 14.1. The van der Waals surface area contributed by atoms with Gasteiger partial charge in [0.15, 0.2) is 5.11 Å². The standard InChI is InChI=1S/C16H14IN3O4S/c17-11-3-1-10(2-4-11)9-14(15(21)22)19-16(25)18-12-5-7-13(8-6-12)20(23)24/h1-8,14H,9H2,(H,21,22)(H2,18,19,25)/t14-/m0/s1. The molecule has 0 amide bonds. The Hall–Kier alpha value is -2.27. The van der Waals surface area contributed by atoms with E-state index in [4.69, 9.17) is 12.2 Å². The Morgan fingerprint density at radius 1 is 1.20 bits per heavy atom. The van der Waals surface area contributed by atoms with Gasteiger partial charge in [0.05, 0.1) is 4.92 Å². The van der Waals surface area contributed by atoms with E-state index in [9.17, 15) is 20.0 Å². The molecule has 0 unspecified atom stereocenters. The Balaban J connectivity index is 1.98. The summed E-state index contributed by atoms with van der Waals surface area (Å²) in [5.41, 5.74) is 1.37. The maximum absolute atomic E-state index is 11.5. The smallest absolute Gasteiger partial charge is 0.326 e. The first-order valence-electron chi connectivity index (χ1n) is 7.14. The predicted molar refractivity (Wildman–Crippen MR) is 107 cm³/mol. The van der Waals surface area contributed by atoms with Crippen molar-refractivity contribution in [1.29, 1.82) is 0 Å². The van der Waals surface area contributed by atoms with Gasteiger partial charge in [-0.15, -0.1) is 0 Å². The summed E-state index contributed by atoms with van der Waals surface area (Å²) in [6.45, 7) is 0. The van der Waals surface area contributed by atoms with Crippen LogP contribution in [0.25, 0.3) is 0 Å². The summed E-state index contributed by atoms with van der Waals surface area (Å²) in [6, 6.07) is 12.3. The van der Waals surface area contributed by atoms with Gasteiger partial charge in [0.25, 0.3) is 5.69 Å². The van der Waals surface area contributed by atoms with E-state index in [1.54, 1.807) is 0 Å². The zero-order valence-electron chi connectivity index (χ0n) is 12.8. The van der Waals surface area contributed by atoms with Crippen molar-refractivity contribution in [1.82, 2.24) is 5.32 Å². The van der Waals surface area contributed by atoms with E-state index in [0.29, 0.717) is 5.69 Å². The Morgan fingerprint density at radius 2 is 1.80 bits per heavy atom. The highest BCUT2D eigenvalue weighted by Crippen LogP contribution is 2.15. The summed E-state index contributed by atoms with van der Waals surface area (Å²) in [4.78, 5) is 21.6. The molecule has 0 aliphatic rings. The van der Waals surface area contributed by atoms with E-state index < -0.39 is 16.9 Å². The number of anilines is 1. The molecular weight excluding hydrogens is 457 g/mol. The number of non-ortho nitro benzene ring substituents is 1. The van der Waals surface area contributed by atoms with Gasteiger partial charge in [-0.2, -0.15) is 0 Å². The zero-order chi connectivity index (χ0) is 18.4. The number of nitrogens with one attached hydrogen (secondary N) is 2. The lowest BCUT2D eigenvalue weighted by molar-refractivity contribution is -0.384. The van der Waals surface area contributed by atoms with Gasteiger partial charge in [-0.1, -0.05) is 12.1 Å². The number of thiocarbonyl (C=S) groups is 1. The fourth-order valence-electron chi connectivity index (χ4n) is 2.05. The monoisotopic (exact) mass is 471 g/mol. The summed E-state index contributed by atoms with van der Waals surface area (Å²) in [5, 5.41) is 25.7. The summed E-state index contributed by atoms with van der Waals surface area (Å²) in [6.07, 6.45) is 0.272. The number of halogens is 1. The van der Waals surface area contributed by atoms with Crippen molar-refractivity contribution in [2.75, 3.05) is 5.32 Å². The number of hydrogen-bond donors (Lipinski definition) is 3. The molecule has 130 valence electrons. The van der Waals surface area contributed by atoms with Gasteiger partial charge in [0.1, 0.15) is 6.04 Å². The van der Waals surface area contributed by atoms with Crippen molar-refractivity contribution in [2.45, 2.75) is 12.5 Å². The van der Waals surface area contributed by atoms with E-state index in [-0.39, 0.29) is 17.2 Å². The first kappa shape index (κ1) is 19.1. The zero-order valence-corrected chi connectivity index (χ0v) is 15.8. The molecule has 1 atom stereocenters. The highest BCUT2D eigenvalue weighted by atomic mass is 127. The van der Waals surface area contributed by atoms with Crippen LogP contribution in [0.2, 0.25) is 0 Å². The van der Waals surface area contributed by atoms with Crippen LogP contribution in [0.3, 0.4) is 0 Å². The van der Waals surface area contributed by atoms with Crippen LogP contribution in [-0.2, 0) is 11.2 Å². The number of nitrogens with zero attached hydrogens (tertiary/aromatic N) is 1. The molecule has 2 aromatic rings. The maximum Gasteiger partial charge on any atom is 0.326 e. The summed E-state index contributed by atoms with van der Waals surface area (Å²) in [5.74, 6) is -1.02. The lowest BCUT2D eigenvalue weighted by atomic mass is 10.1. The molecule has 3 N–H and O–H groups in total. The van der Waals surface area contributed by atoms with Gasteiger partial charge < -0.3 is 15.7 Å². The van der Waals surface area contributed by atoms with E-state index in [2.05, 4.69) is 33.2 Å². The first-order chi connectivity index (χ1) is 11.8. The average Bonchev–Trinajstić information content (AvgIpc) is 2.56. The molecule has 2 aromatic carbocycles. The van der Waals surface area contributed by atoms with E-state index >= 15 is 0 Å². The van der Waals surface area contributed by atoms with Gasteiger partial charge in [-0.3, -0.25) is 10.1 Å². The number of nitro groups is 1. The molecule has 25 heavy (non-hydrogen) atoms. The van der Waals surface area contributed by atoms with Crippen molar-refractivity contribution in [3.8, 4) is 0 Å². The number of aliphatic carboxylic acids is 1. The van der Waals surface area contributed by atoms with Gasteiger partial charge in [0, 0.05) is 27.8 Å². The van der Waals surface area contributed by atoms with Crippen LogP contribution >= 0.6 is 34.8 Å². The molecule has 0 radical (unpaired) electrons. The number of carbonyl (C=O) groups is 1. The summed E-state index contributed by atoms with van der Waals surface area (Å²) in [7, 11) is 0. The molecule has 0 bridgehead atoms. The minimum atomic E-state index is -1.02. The van der Waals surface area contributed by atoms with E-state index in [1.165, 1.54) is 24.3 Å². The second-order valence-corrected chi connectivity index (χ2v) is 6.78. The third-order valence-corrected chi connectivity index (χ3v) is 4.23. The molecule has 0 spiro atoms. The highest BCUT2D eigenvalue weighted by Gasteiger charge is 2.19. The van der Waals surface area contributed by atoms with Crippen molar-refractivity contribution in [3.63, 3.8) is 0 Å². The first-order valence-corrected chi connectivity index (χ1v) is 8.63. The quantitative estimate of drug-likeness (QED) is 0.257. The number of carboxylic acids is 1. The van der Waals surface area contributed by atoms with Crippen molar-refractivity contribution < 1.29 is 14.8 Å². The SMILES string of the molecule is O=C(O)[C@H](Cc1ccc(I)cc1)NC(=S)Nc1ccc([N+](=O)[O-])cc1. The number of carboxylic acid groups (broad SMARTS) is 1. The van der Waals surface area contributed by atoms with Crippen LogP contribution in [0.15, 0.2) is 48.5 Å². The molecule has 0 aliphatic carbocycles. The van der Waals surface area contributed by atoms with Crippen LogP contribution in [-0.4, -0.2) is 27.2 Å². The van der Waals surface area contributed by atoms with E-state index in [0.717, 1.165) is 9.13 Å². The maximum atomic E-state index is 11.5. The van der Waals surface area contributed by atoms with Gasteiger partial charge in [-0.05, 0) is 64.6 Å². The molecule has 0 fully saturated rings. The largest absolute Gasteiger partial charge is 0.480 e. The number of benzene rings is 2. The van der Waals surface area contributed by atoms with Crippen molar-refractivity contribution in [3.05, 3.63) is 67.8 Å². The average molecular weight is 471 g/mol. The molecular formula is C16H14IN3O4S. The number of hydrogen-bond acceptors (Lipinski definition) is 4. The molecule has 0 saturated heterocycles. The molecule has 9 heteroatoms. The predicted octanol–water partition coefficient (Wildman–Crippen LogP) is 3.18. The Morgan fingerprint density at radius 3 is 2.32 bits per heavy atom. The summed E-state index contributed by atoms with van der Waals surface area (Å²) < 4.78 is 1.07. The molecule has 0 heterocycles. The fourth-order valence-corrected chi connectivity index (χ4v) is 2.67. The Labute approximate surface area is 162 Å². The number of rotatable bonds is 6. The van der Waals surface area contributed by atoms with Crippen molar-refractivity contribution >= 4 is 57.3 Å². The lowest BCUT2D eigenvalue weighted by Crippen LogP contribution is -2.44. The minimum absolute atomic E-state index is 0.0356. The summed E-state index contributed by atoms with van der Waals surface area (Å²) >= 11 is 7.31. The topological polar surface area (TPSA) is 104 Å². The normalized spacial score (nSPS) is 11.4. The Kier molecular flexibility index (Phi) is 6.65. The van der Waals surface area contributed by atoms with E-state index in [1.807, 2.05) is 24.3 Å². The van der Waals surface area contributed by atoms with Crippen molar-refractivity contribution in [2.24, 2.45) is 0 Å². The van der Waals surface area contributed by atoms with Crippen LogP contribution in [0, 0.1) is 13.7 Å². The molecule has 2 rings (SSSR count). The van der Waals surface area contributed by atoms with Gasteiger partial charge >= 0.3 is 5.97 Å². The second-order valence-electron chi connectivity index (χ2n) is 5.12. The van der Waals surface area contributed by atoms with Crippen LogP contribution in [0.4, 0.5) is 11.4 Å². The molecule has 0 aromatic heterocycles. The number of nitro benzene ring substituents is 1. The molecule has 7 nitrogen and oxygen atoms in total. The van der Waals surface area contributed by atoms with Crippen LogP contribution in [0.5, 0.6) is 0 Å². The second kappa shape index (κ2) is 8.72. The van der Waals surface area contributed by atoms with Gasteiger partial charge in [0.2, 0.25) is 0 Å². The Bertz CT molecular complexity index is 781.